The third-order valence-electron chi connectivity index (χ3n) is 2.54. The van der Waals surface area contributed by atoms with Gasteiger partial charge in [0.15, 0.2) is 0 Å². The number of hydrogen-bond donors (Lipinski definition) is 1. The summed E-state index contributed by atoms with van der Waals surface area (Å²) in [4.78, 5) is 12.1. The molecule has 0 aliphatic heterocycles. The first kappa shape index (κ1) is 12.4. The fourth-order valence-corrected chi connectivity index (χ4v) is 2.14. The molecule has 0 fully saturated rings. The fraction of sp³-hybridized carbons (Fsp3) is 0.583. The smallest absolute Gasteiger partial charge is 0.255 e. The van der Waals surface area contributed by atoms with Gasteiger partial charge in [0.1, 0.15) is 0 Å². The van der Waals surface area contributed by atoms with E-state index in [-0.39, 0.29) is 5.56 Å². The SMILES string of the molecule is Cc1cc(C)n(CC(C)C)c(=O)c1CS. The Balaban J connectivity index is 3.33. The van der Waals surface area contributed by atoms with Gasteiger partial charge in [-0.1, -0.05) is 13.8 Å². The molecule has 0 spiro atoms. The van der Waals surface area contributed by atoms with Gasteiger partial charge in [0.05, 0.1) is 0 Å². The van der Waals surface area contributed by atoms with E-state index in [1.807, 2.05) is 18.4 Å². The number of nitrogens with zero attached hydrogens (tertiary/aromatic N) is 1. The minimum absolute atomic E-state index is 0.121. The van der Waals surface area contributed by atoms with E-state index in [0.29, 0.717) is 11.7 Å². The molecule has 1 rings (SSSR count). The molecule has 0 N–H and O–H groups in total. The second-order valence-electron chi connectivity index (χ2n) is 4.42. The molecular weight excluding hydrogens is 206 g/mol. The zero-order chi connectivity index (χ0) is 11.6. The lowest BCUT2D eigenvalue weighted by Gasteiger charge is -2.15. The van der Waals surface area contributed by atoms with Crippen LogP contribution in [0.4, 0.5) is 0 Å². The molecule has 0 saturated carbocycles. The van der Waals surface area contributed by atoms with Crippen molar-refractivity contribution < 1.29 is 0 Å². The average molecular weight is 225 g/mol. The Morgan fingerprint density at radius 2 is 2.00 bits per heavy atom. The fourth-order valence-electron chi connectivity index (χ4n) is 1.75. The second kappa shape index (κ2) is 4.88. The quantitative estimate of drug-likeness (QED) is 0.785. The largest absolute Gasteiger partial charge is 0.312 e. The molecule has 0 bridgehead atoms. The first-order valence-electron chi connectivity index (χ1n) is 5.28. The summed E-state index contributed by atoms with van der Waals surface area (Å²) >= 11 is 4.21. The topological polar surface area (TPSA) is 22.0 Å². The second-order valence-corrected chi connectivity index (χ2v) is 4.73. The Kier molecular flexibility index (Phi) is 4.03. The molecule has 0 saturated heterocycles. The molecule has 0 amide bonds. The third-order valence-corrected chi connectivity index (χ3v) is 2.85. The van der Waals surface area contributed by atoms with Gasteiger partial charge in [-0.05, 0) is 31.4 Å². The Hall–Kier alpha value is -0.700. The van der Waals surface area contributed by atoms with Crippen LogP contribution in [0.1, 0.15) is 30.7 Å². The van der Waals surface area contributed by atoms with Crippen LogP contribution in [0.2, 0.25) is 0 Å². The summed E-state index contributed by atoms with van der Waals surface area (Å²) in [6.45, 7) is 8.97. The van der Waals surface area contributed by atoms with E-state index in [2.05, 4.69) is 32.5 Å². The molecule has 1 aromatic rings. The lowest BCUT2D eigenvalue weighted by atomic mass is 10.1. The highest BCUT2D eigenvalue weighted by Gasteiger charge is 2.09. The van der Waals surface area contributed by atoms with Crippen LogP contribution in [0, 0.1) is 19.8 Å². The Morgan fingerprint density at radius 1 is 1.40 bits per heavy atom. The van der Waals surface area contributed by atoms with E-state index in [0.717, 1.165) is 23.4 Å². The maximum absolute atomic E-state index is 12.1. The zero-order valence-electron chi connectivity index (χ0n) is 9.87. The van der Waals surface area contributed by atoms with Crippen molar-refractivity contribution in [3.63, 3.8) is 0 Å². The number of rotatable bonds is 3. The van der Waals surface area contributed by atoms with Crippen molar-refractivity contribution >= 4 is 12.6 Å². The van der Waals surface area contributed by atoms with Crippen LogP contribution in [-0.2, 0) is 12.3 Å². The standard InChI is InChI=1S/C12H19NOS/c1-8(2)6-13-10(4)5-9(3)11(7-15)12(13)14/h5,8,15H,6-7H2,1-4H3. The van der Waals surface area contributed by atoms with Crippen molar-refractivity contribution in [2.24, 2.45) is 5.92 Å². The van der Waals surface area contributed by atoms with Crippen molar-refractivity contribution in [3.05, 3.63) is 33.2 Å². The number of hydrogen-bond acceptors (Lipinski definition) is 2. The van der Waals surface area contributed by atoms with Gasteiger partial charge in [-0.2, -0.15) is 12.6 Å². The van der Waals surface area contributed by atoms with E-state index in [9.17, 15) is 4.79 Å². The van der Waals surface area contributed by atoms with E-state index in [1.54, 1.807) is 0 Å². The lowest BCUT2D eigenvalue weighted by Crippen LogP contribution is -2.28. The maximum atomic E-state index is 12.1. The lowest BCUT2D eigenvalue weighted by molar-refractivity contribution is 0.500. The van der Waals surface area contributed by atoms with E-state index >= 15 is 0 Å². The van der Waals surface area contributed by atoms with Crippen molar-refractivity contribution in [1.82, 2.24) is 4.57 Å². The molecule has 0 aromatic carbocycles. The average Bonchev–Trinajstić information content (AvgIpc) is 2.12. The molecule has 0 atom stereocenters. The van der Waals surface area contributed by atoms with Crippen LogP contribution in [0.15, 0.2) is 10.9 Å². The van der Waals surface area contributed by atoms with Crippen LogP contribution in [0.25, 0.3) is 0 Å². The number of aromatic nitrogens is 1. The summed E-state index contributed by atoms with van der Waals surface area (Å²) < 4.78 is 1.85. The molecule has 2 nitrogen and oxygen atoms in total. The monoisotopic (exact) mass is 225 g/mol. The third kappa shape index (κ3) is 2.65. The summed E-state index contributed by atoms with van der Waals surface area (Å²) in [6.07, 6.45) is 0. The van der Waals surface area contributed by atoms with Crippen LogP contribution < -0.4 is 5.56 Å². The first-order valence-corrected chi connectivity index (χ1v) is 5.91. The minimum Gasteiger partial charge on any atom is -0.312 e. The normalized spacial score (nSPS) is 11.1. The van der Waals surface area contributed by atoms with Gasteiger partial charge in [0.25, 0.3) is 5.56 Å². The molecule has 1 aromatic heterocycles. The van der Waals surface area contributed by atoms with Crippen LogP contribution in [0.3, 0.4) is 0 Å². The summed E-state index contributed by atoms with van der Waals surface area (Å²) in [6, 6.07) is 2.06. The molecule has 0 aliphatic rings. The van der Waals surface area contributed by atoms with Gasteiger partial charge >= 0.3 is 0 Å². The number of pyridine rings is 1. The summed E-state index contributed by atoms with van der Waals surface area (Å²) in [5.74, 6) is 1.00. The molecule has 0 radical (unpaired) electrons. The van der Waals surface area contributed by atoms with E-state index in [4.69, 9.17) is 0 Å². The van der Waals surface area contributed by atoms with Gasteiger partial charge in [-0.15, -0.1) is 0 Å². The molecule has 84 valence electrons. The highest BCUT2D eigenvalue weighted by Crippen LogP contribution is 2.09. The predicted octanol–water partition coefficient (Wildman–Crippen LogP) is 2.55. The summed E-state index contributed by atoms with van der Waals surface area (Å²) in [5.41, 5.74) is 3.03. The van der Waals surface area contributed by atoms with Gasteiger partial charge in [0, 0.05) is 23.6 Å². The van der Waals surface area contributed by atoms with Crippen molar-refractivity contribution in [3.8, 4) is 0 Å². The van der Waals surface area contributed by atoms with E-state index in [1.165, 1.54) is 0 Å². The Morgan fingerprint density at radius 3 is 2.47 bits per heavy atom. The van der Waals surface area contributed by atoms with Crippen molar-refractivity contribution in [2.75, 3.05) is 0 Å². The van der Waals surface area contributed by atoms with Gasteiger partial charge in [-0.3, -0.25) is 4.79 Å². The Labute approximate surface area is 96.7 Å². The highest BCUT2D eigenvalue weighted by atomic mass is 32.1. The van der Waals surface area contributed by atoms with Crippen molar-refractivity contribution in [2.45, 2.75) is 40.0 Å². The van der Waals surface area contributed by atoms with Gasteiger partial charge in [-0.25, -0.2) is 0 Å². The molecule has 0 aliphatic carbocycles. The maximum Gasteiger partial charge on any atom is 0.255 e. The molecule has 3 heteroatoms. The van der Waals surface area contributed by atoms with Gasteiger partial charge in [0.2, 0.25) is 0 Å². The molecular formula is C12H19NOS. The van der Waals surface area contributed by atoms with Crippen LogP contribution in [0.5, 0.6) is 0 Å². The van der Waals surface area contributed by atoms with E-state index < -0.39 is 0 Å². The minimum atomic E-state index is 0.121. The number of aryl methyl sites for hydroxylation is 2. The Bertz CT molecular complexity index is 407. The first-order chi connectivity index (χ1) is 6.97. The van der Waals surface area contributed by atoms with Crippen molar-refractivity contribution in [1.29, 1.82) is 0 Å². The summed E-state index contributed by atoms with van der Waals surface area (Å²) in [7, 11) is 0. The van der Waals surface area contributed by atoms with Crippen LogP contribution >= 0.6 is 12.6 Å². The van der Waals surface area contributed by atoms with Crippen LogP contribution in [-0.4, -0.2) is 4.57 Å². The van der Waals surface area contributed by atoms with Gasteiger partial charge < -0.3 is 4.57 Å². The molecule has 15 heavy (non-hydrogen) atoms. The number of thiol groups is 1. The molecule has 1 heterocycles. The zero-order valence-corrected chi connectivity index (χ0v) is 10.8. The summed E-state index contributed by atoms with van der Waals surface area (Å²) in [5, 5.41) is 0. The predicted molar refractivity (Wildman–Crippen MR) is 67.7 cm³/mol. The molecule has 0 unspecified atom stereocenters. The highest BCUT2D eigenvalue weighted by molar-refractivity contribution is 7.79.